The van der Waals surface area contributed by atoms with Gasteiger partial charge in [0.15, 0.2) is 5.78 Å². The van der Waals surface area contributed by atoms with Crippen LogP contribution in [0, 0.1) is 12.8 Å². The Labute approximate surface area is 120 Å². The molecular formula is C16H21ClO2. The molecule has 2 rings (SSSR count). The number of halogens is 1. The first-order valence-corrected chi connectivity index (χ1v) is 7.48. The Bertz CT molecular complexity index is 462. The maximum Gasteiger partial charge on any atom is 0.169 e. The standard InChI is InChI=1S/C16H21ClO2/c1-3-19-15-9-11(2)14(17)10-13(15)16(18)12-7-5-4-6-8-12/h9-10,12H,3-8H2,1-2H3. The average Bonchev–Trinajstić information content (AvgIpc) is 2.43. The Morgan fingerprint density at radius 2 is 2.00 bits per heavy atom. The van der Waals surface area contributed by atoms with E-state index in [0.717, 1.165) is 31.2 Å². The second kappa shape index (κ2) is 6.42. The minimum Gasteiger partial charge on any atom is -0.493 e. The molecule has 1 saturated carbocycles. The molecule has 0 amide bonds. The van der Waals surface area contributed by atoms with Gasteiger partial charge in [0, 0.05) is 10.9 Å². The van der Waals surface area contributed by atoms with Crippen LogP contribution in [0.5, 0.6) is 5.75 Å². The number of hydrogen-bond acceptors (Lipinski definition) is 2. The zero-order valence-corrected chi connectivity index (χ0v) is 12.4. The molecule has 0 bridgehead atoms. The van der Waals surface area contributed by atoms with Crippen molar-refractivity contribution >= 4 is 17.4 Å². The lowest BCUT2D eigenvalue weighted by Crippen LogP contribution is -2.19. The van der Waals surface area contributed by atoms with Crippen molar-refractivity contribution < 1.29 is 9.53 Å². The number of rotatable bonds is 4. The third-order valence-electron chi connectivity index (χ3n) is 3.80. The van der Waals surface area contributed by atoms with Gasteiger partial charge in [0.05, 0.1) is 12.2 Å². The molecule has 1 aromatic carbocycles. The van der Waals surface area contributed by atoms with Crippen molar-refractivity contribution in [3.8, 4) is 5.75 Å². The highest BCUT2D eigenvalue weighted by Gasteiger charge is 2.25. The molecule has 2 nitrogen and oxygen atoms in total. The third kappa shape index (κ3) is 3.30. The van der Waals surface area contributed by atoms with E-state index in [0.29, 0.717) is 22.9 Å². The quantitative estimate of drug-likeness (QED) is 0.740. The number of ketones is 1. The van der Waals surface area contributed by atoms with Gasteiger partial charge in [-0.05, 0) is 44.4 Å². The van der Waals surface area contributed by atoms with Gasteiger partial charge in [-0.25, -0.2) is 0 Å². The van der Waals surface area contributed by atoms with Crippen molar-refractivity contribution in [2.75, 3.05) is 6.61 Å². The fourth-order valence-electron chi connectivity index (χ4n) is 2.71. The number of carbonyl (C=O) groups excluding carboxylic acids is 1. The molecule has 1 aliphatic carbocycles. The van der Waals surface area contributed by atoms with Crippen LogP contribution < -0.4 is 4.74 Å². The van der Waals surface area contributed by atoms with E-state index in [1.54, 1.807) is 6.07 Å². The number of Topliss-reactive ketones (excluding diaryl/α,β-unsaturated/α-hetero) is 1. The van der Waals surface area contributed by atoms with Crippen molar-refractivity contribution in [3.63, 3.8) is 0 Å². The van der Waals surface area contributed by atoms with E-state index in [-0.39, 0.29) is 11.7 Å². The normalized spacial score (nSPS) is 16.4. The van der Waals surface area contributed by atoms with Crippen LogP contribution in [0.3, 0.4) is 0 Å². The Morgan fingerprint density at radius 1 is 1.32 bits per heavy atom. The Balaban J connectivity index is 2.30. The van der Waals surface area contributed by atoms with Crippen molar-refractivity contribution in [1.29, 1.82) is 0 Å². The van der Waals surface area contributed by atoms with Crippen LogP contribution >= 0.6 is 11.6 Å². The molecular weight excluding hydrogens is 260 g/mol. The van der Waals surface area contributed by atoms with Gasteiger partial charge in [-0.1, -0.05) is 30.9 Å². The second-order valence-corrected chi connectivity index (χ2v) is 5.64. The van der Waals surface area contributed by atoms with E-state index in [1.165, 1.54) is 6.42 Å². The highest BCUT2D eigenvalue weighted by atomic mass is 35.5. The summed E-state index contributed by atoms with van der Waals surface area (Å²) < 4.78 is 5.61. The van der Waals surface area contributed by atoms with Crippen LogP contribution in [0.1, 0.15) is 54.9 Å². The molecule has 0 spiro atoms. The molecule has 0 atom stereocenters. The fourth-order valence-corrected chi connectivity index (χ4v) is 2.87. The van der Waals surface area contributed by atoms with E-state index in [2.05, 4.69) is 0 Å². The number of benzene rings is 1. The highest BCUT2D eigenvalue weighted by Crippen LogP contribution is 2.33. The largest absolute Gasteiger partial charge is 0.493 e. The van der Waals surface area contributed by atoms with E-state index in [9.17, 15) is 4.79 Å². The smallest absolute Gasteiger partial charge is 0.169 e. The molecule has 0 radical (unpaired) electrons. The predicted octanol–water partition coefficient (Wildman–Crippen LogP) is 4.81. The maximum atomic E-state index is 12.6. The molecule has 0 heterocycles. The fraction of sp³-hybridized carbons (Fsp3) is 0.562. The number of hydrogen-bond donors (Lipinski definition) is 0. The zero-order chi connectivity index (χ0) is 13.8. The lowest BCUT2D eigenvalue weighted by Gasteiger charge is -2.21. The summed E-state index contributed by atoms with van der Waals surface area (Å²) in [5.74, 6) is 1.02. The molecule has 0 N–H and O–H groups in total. The molecule has 1 aromatic rings. The van der Waals surface area contributed by atoms with Crippen molar-refractivity contribution in [3.05, 3.63) is 28.3 Å². The van der Waals surface area contributed by atoms with Gasteiger partial charge in [0.25, 0.3) is 0 Å². The summed E-state index contributed by atoms with van der Waals surface area (Å²) in [6.07, 6.45) is 5.54. The van der Waals surface area contributed by atoms with E-state index < -0.39 is 0 Å². The van der Waals surface area contributed by atoms with Crippen LogP contribution in [0.2, 0.25) is 5.02 Å². The summed E-state index contributed by atoms with van der Waals surface area (Å²) in [6.45, 7) is 4.42. The lowest BCUT2D eigenvalue weighted by molar-refractivity contribution is 0.0885. The van der Waals surface area contributed by atoms with E-state index in [4.69, 9.17) is 16.3 Å². The molecule has 1 fully saturated rings. The summed E-state index contributed by atoms with van der Waals surface area (Å²) in [5, 5.41) is 0.641. The molecule has 3 heteroatoms. The topological polar surface area (TPSA) is 26.3 Å². The van der Waals surface area contributed by atoms with Crippen LogP contribution in [0.15, 0.2) is 12.1 Å². The Hall–Kier alpha value is -1.02. The van der Waals surface area contributed by atoms with Crippen molar-refractivity contribution in [2.24, 2.45) is 5.92 Å². The van der Waals surface area contributed by atoms with Crippen LogP contribution in [-0.2, 0) is 0 Å². The van der Waals surface area contributed by atoms with Gasteiger partial charge in [-0.2, -0.15) is 0 Å². The van der Waals surface area contributed by atoms with Crippen molar-refractivity contribution in [2.45, 2.75) is 46.0 Å². The van der Waals surface area contributed by atoms with Gasteiger partial charge in [0.2, 0.25) is 0 Å². The summed E-state index contributed by atoms with van der Waals surface area (Å²) in [5.41, 5.74) is 1.61. The average molecular weight is 281 g/mol. The molecule has 0 aliphatic heterocycles. The van der Waals surface area contributed by atoms with E-state index in [1.807, 2.05) is 19.9 Å². The predicted molar refractivity (Wildman–Crippen MR) is 78.3 cm³/mol. The van der Waals surface area contributed by atoms with Crippen molar-refractivity contribution in [1.82, 2.24) is 0 Å². The highest BCUT2D eigenvalue weighted by molar-refractivity contribution is 6.31. The molecule has 104 valence electrons. The molecule has 1 aliphatic rings. The third-order valence-corrected chi connectivity index (χ3v) is 4.21. The number of ether oxygens (including phenoxy) is 1. The second-order valence-electron chi connectivity index (χ2n) is 5.23. The Kier molecular flexibility index (Phi) is 4.87. The SMILES string of the molecule is CCOc1cc(C)c(Cl)cc1C(=O)C1CCCCC1. The first kappa shape index (κ1) is 14.4. The Morgan fingerprint density at radius 3 is 2.63 bits per heavy atom. The first-order valence-electron chi connectivity index (χ1n) is 7.10. The maximum absolute atomic E-state index is 12.6. The van der Waals surface area contributed by atoms with Crippen LogP contribution in [0.25, 0.3) is 0 Å². The summed E-state index contributed by atoms with van der Waals surface area (Å²) in [6, 6.07) is 3.65. The van der Waals surface area contributed by atoms with E-state index >= 15 is 0 Å². The summed E-state index contributed by atoms with van der Waals surface area (Å²) in [4.78, 5) is 12.6. The molecule has 19 heavy (non-hydrogen) atoms. The van der Waals surface area contributed by atoms with Gasteiger partial charge in [0.1, 0.15) is 5.75 Å². The number of carbonyl (C=O) groups is 1. The van der Waals surface area contributed by atoms with Gasteiger partial charge < -0.3 is 4.74 Å². The minimum absolute atomic E-state index is 0.145. The first-order chi connectivity index (χ1) is 9.13. The molecule has 0 saturated heterocycles. The summed E-state index contributed by atoms with van der Waals surface area (Å²) >= 11 is 6.16. The monoisotopic (exact) mass is 280 g/mol. The van der Waals surface area contributed by atoms with Crippen LogP contribution in [-0.4, -0.2) is 12.4 Å². The molecule has 0 unspecified atom stereocenters. The van der Waals surface area contributed by atoms with Gasteiger partial charge >= 0.3 is 0 Å². The van der Waals surface area contributed by atoms with Gasteiger partial charge in [-0.3, -0.25) is 4.79 Å². The minimum atomic E-state index is 0.145. The molecule has 0 aromatic heterocycles. The van der Waals surface area contributed by atoms with Crippen LogP contribution in [0.4, 0.5) is 0 Å². The lowest BCUT2D eigenvalue weighted by atomic mass is 9.83. The zero-order valence-electron chi connectivity index (χ0n) is 11.7. The van der Waals surface area contributed by atoms with Gasteiger partial charge in [-0.15, -0.1) is 0 Å². The summed E-state index contributed by atoms with van der Waals surface area (Å²) in [7, 11) is 0. The number of aryl methyl sites for hydroxylation is 1.